The molecule has 1 heterocycles. The highest BCUT2D eigenvalue weighted by molar-refractivity contribution is 5.76. The van der Waals surface area contributed by atoms with Crippen LogP contribution in [-0.4, -0.2) is 15.9 Å². The number of carbonyl (C=O) groups excluding carboxylic acids is 1. The number of rotatable bonds is 4. The summed E-state index contributed by atoms with van der Waals surface area (Å²) in [6.45, 7) is 10.5. The Morgan fingerprint density at radius 2 is 2.12 bits per heavy atom. The Morgan fingerprint density at radius 3 is 2.59 bits per heavy atom. The third-order valence-corrected chi connectivity index (χ3v) is 3.28. The SMILES string of the molecule is CC(NC(=O)CC(C)C(C)(C)C)c1ncc[nH]1. The topological polar surface area (TPSA) is 57.8 Å². The summed E-state index contributed by atoms with van der Waals surface area (Å²) >= 11 is 0. The molecule has 1 amide bonds. The van der Waals surface area contributed by atoms with Gasteiger partial charge in [-0.1, -0.05) is 27.7 Å². The van der Waals surface area contributed by atoms with Crippen molar-refractivity contribution in [3.63, 3.8) is 0 Å². The Kier molecular flexibility index (Phi) is 4.32. The predicted molar refractivity (Wildman–Crippen MR) is 68.4 cm³/mol. The molecule has 96 valence electrons. The second-order valence-corrected chi connectivity index (χ2v) is 5.73. The molecule has 2 N–H and O–H groups in total. The average Bonchev–Trinajstić information content (AvgIpc) is 2.68. The van der Waals surface area contributed by atoms with E-state index in [1.165, 1.54) is 0 Å². The molecule has 4 heteroatoms. The van der Waals surface area contributed by atoms with E-state index < -0.39 is 0 Å². The number of imidazole rings is 1. The van der Waals surface area contributed by atoms with Crippen LogP contribution in [0.5, 0.6) is 0 Å². The smallest absolute Gasteiger partial charge is 0.220 e. The Balaban J connectivity index is 2.45. The molecule has 0 aromatic carbocycles. The van der Waals surface area contributed by atoms with E-state index in [1.807, 2.05) is 6.92 Å². The molecule has 0 bridgehead atoms. The maximum atomic E-state index is 11.9. The van der Waals surface area contributed by atoms with Gasteiger partial charge in [0.05, 0.1) is 6.04 Å². The molecule has 0 aliphatic carbocycles. The first-order chi connectivity index (χ1) is 7.80. The fourth-order valence-electron chi connectivity index (χ4n) is 1.47. The van der Waals surface area contributed by atoms with E-state index in [-0.39, 0.29) is 17.4 Å². The number of aromatic nitrogens is 2. The van der Waals surface area contributed by atoms with Gasteiger partial charge < -0.3 is 10.3 Å². The average molecular weight is 237 g/mol. The van der Waals surface area contributed by atoms with Gasteiger partial charge in [0.15, 0.2) is 0 Å². The van der Waals surface area contributed by atoms with Crippen molar-refractivity contribution in [3.8, 4) is 0 Å². The molecular formula is C13H23N3O. The van der Waals surface area contributed by atoms with E-state index in [0.29, 0.717) is 12.3 Å². The normalized spacial score (nSPS) is 15.4. The number of aromatic amines is 1. The molecule has 2 unspecified atom stereocenters. The van der Waals surface area contributed by atoms with Crippen LogP contribution in [0.3, 0.4) is 0 Å². The monoisotopic (exact) mass is 237 g/mol. The maximum absolute atomic E-state index is 11.9. The molecule has 0 saturated heterocycles. The van der Waals surface area contributed by atoms with E-state index in [2.05, 4.69) is 43.0 Å². The van der Waals surface area contributed by atoms with Crippen LogP contribution in [0.25, 0.3) is 0 Å². The number of nitrogens with zero attached hydrogens (tertiary/aromatic N) is 1. The van der Waals surface area contributed by atoms with Crippen molar-refractivity contribution >= 4 is 5.91 Å². The zero-order valence-electron chi connectivity index (χ0n) is 11.4. The molecule has 0 aliphatic rings. The second-order valence-electron chi connectivity index (χ2n) is 5.73. The molecule has 1 aromatic rings. The van der Waals surface area contributed by atoms with Gasteiger partial charge in [0, 0.05) is 18.8 Å². The van der Waals surface area contributed by atoms with Gasteiger partial charge in [-0.25, -0.2) is 4.98 Å². The van der Waals surface area contributed by atoms with Gasteiger partial charge in [-0.15, -0.1) is 0 Å². The van der Waals surface area contributed by atoms with Crippen LogP contribution < -0.4 is 5.32 Å². The molecular weight excluding hydrogens is 214 g/mol. The van der Waals surface area contributed by atoms with Crippen LogP contribution in [-0.2, 0) is 4.79 Å². The second kappa shape index (κ2) is 5.34. The lowest BCUT2D eigenvalue weighted by Gasteiger charge is -2.27. The van der Waals surface area contributed by atoms with Crippen molar-refractivity contribution in [2.24, 2.45) is 11.3 Å². The lowest BCUT2D eigenvalue weighted by molar-refractivity contribution is -0.123. The molecule has 0 saturated carbocycles. The molecule has 2 atom stereocenters. The summed E-state index contributed by atoms with van der Waals surface area (Å²) in [5.41, 5.74) is 0.158. The van der Waals surface area contributed by atoms with E-state index in [0.717, 1.165) is 5.82 Å². The van der Waals surface area contributed by atoms with Crippen LogP contribution in [0.15, 0.2) is 12.4 Å². The first kappa shape index (κ1) is 13.7. The van der Waals surface area contributed by atoms with Gasteiger partial charge in [0.25, 0.3) is 0 Å². The van der Waals surface area contributed by atoms with Crippen LogP contribution in [0.2, 0.25) is 0 Å². The lowest BCUT2D eigenvalue weighted by atomic mass is 9.80. The third-order valence-electron chi connectivity index (χ3n) is 3.28. The number of amides is 1. The Labute approximate surface area is 103 Å². The highest BCUT2D eigenvalue weighted by Crippen LogP contribution is 2.28. The maximum Gasteiger partial charge on any atom is 0.220 e. The predicted octanol–water partition coefficient (Wildman–Crippen LogP) is 2.66. The molecule has 0 fully saturated rings. The van der Waals surface area contributed by atoms with E-state index >= 15 is 0 Å². The van der Waals surface area contributed by atoms with Gasteiger partial charge in [-0.3, -0.25) is 4.79 Å². The summed E-state index contributed by atoms with van der Waals surface area (Å²) in [4.78, 5) is 19.0. The minimum Gasteiger partial charge on any atom is -0.347 e. The van der Waals surface area contributed by atoms with Gasteiger partial charge in [0.1, 0.15) is 5.82 Å². The zero-order chi connectivity index (χ0) is 13.1. The van der Waals surface area contributed by atoms with Gasteiger partial charge in [-0.2, -0.15) is 0 Å². The highest BCUT2D eigenvalue weighted by atomic mass is 16.1. The molecule has 0 spiro atoms. The van der Waals surface area contributed by atoms with Crippen LogP contribution in [0.1, 0.15) is 52.9 Å². The zero-order valence-corrected chi connectivity index (χ0v) is 11.4. The van der Waals surface area contributed by atoms with Crippen LogP contribution >= 0.6 is 0 Å². The minimum atomic E-state index is -0.0651. The van der Waals surface area contributed by atoms with Gasteiger partial charge >= 0.3 is 0 Å². The summed E-state index contributed by atoms with van der Waals surface area (Å²) < 4.78 is 0. The summed E-state index contributed by atoms with van der Waals surface area (Å²) in [7, 11) is 0. The molecule has 4 nitrogen and oxygen atoms in total. The minimum absolute atomic E-state index is 0.0651. The van der Waals surface area contributed by atoms with Crippen molar-refractivity contribution in [3.05, 3.63) is 18.2 Å². The van der Waals surface area contributed by atoms with E-state index in [9.17, 15) is 4.79 Å². The fraction of sp³-hybridized carbons (Fsp3) is 0.692. The Hall–Kier alpha value is -1.32. The quantitative estimate of drug-likeness (QED) is 0.845. The van der Waals surface area contributed by atoms with Crippen molar-refractivity contribution in [1.29, 1.82) is 0 Å². The third kappa shape index (κ3) is 4.21. The van der Waals surface area contributed by atoms with Gasteiger partial charge in [-0.05, 0) is 18.3 Å². The summed E-state index contributed by atoms with van der Waals surface area (Å²) in [5.74, 6) is 1.23. The highest BCUT2D eigenvalue weighted by Gasteiger charge is 2.23. The number of hydrogen-bond acceptors (Lipinski definition) is 2. The molecule has 1 rings (SSSR count). The molecule has 0 aliphatic heterocycles. The molecule has 0 radical (unpaired) electrons. The van der Waals surface area contributed by atoms with Crippen LogP contribution in [0, 0.1) is 11.3 Å². The number of nitrogens with one attached hydrogen (secondary N) is 2. The number of H-pyrrole nitrogens is 1. The summed E-state index contributed by atoms with van der Waals surface area (Å²) in [5, 5.41) is 2.95. The first-order valence-electron chi connectivity index (χ1n) is 6.09. The standard InChI is InChI=1S/C13H23N3O/c1-9(13(3,4)5)8-11(17)16-10(2)12-14-6-7-15-12/h6-7,9-10H,8H2,1-5H3,(H,14,15)(H,16,17). The van der Waals surface area contributed by atoms with Crippen molar-refractivity contribution in [2.75, 3.05) is 0 Å². The lowest BCUT2D eigenvalue weighted by Crippen LogP contribution is -2.31. The molecule has 1 aromatic heterocycles. The van der Waals surface area contributed by atoms with E-state index in [4.69, 9.17) is 0 Å². The Bertz CT molecular complexity index is 351. The first-order valence-corrected chi connectivity index (χ1v) is 6.09. The summed E-state index contributed by atoms with van der Waals surface area (Å²) in [6, 6.07) is -0.0651. The fourth-order valence-corrected chi connectivity index (χ4v) is 1.47. The van der Waals surface area contributed by atoms with Crippen molar-refractivity contribution < 1.29 is 4.79 Å². The van der Waals surface area contributed by atoms with Crippen LogP contribution in [0.4, 0.5) is 0 Å². The van der Waals surface area contributed by atoms with E-state index in [1.54, 1.807) is 12.4 Å². The van der Waals surface area contributed by atoms with Crippen molar-refractivity contribution in [2.45, 2.75) is 47.1 Å². The van der Waals surface area contributed by atoms with Gasteiger partial charge in [0.2, 0.25) is 5.91 Å². The number of hydrogen-bond donors (Lipinski definition) is 2. The summed E-state index contributed by atoms with van der Waals surface area (Å²) in [6.07, 6.45) is 4.00. The Morgan fingerprint density at radius 1 is 1.47 bits per heavy atom. The van der Waals surface area contributed by atoms with Crippen molar-refractivity contribution in [1.82, 2.24) is 15.3 Å². The largest absolute Gasteiger partial charge is 0.347 e. The molecule has 17 heavy (non-hydrogen) atoms. The number of carbonyl (C=O) groups is 1.